The number of carbonyl (C=O) groups is 3. The van der Waals surface area contributed by atoms with E-state index in [4.69, 9.17) is 4.74 Å². The van der Waals surface area contributed by atoms with E-state index in [-0.39, 0.29) is 36.8 Å². The van der Waals surface area contributed by atoms with Crippen molar-refractivity contribution in [3.8, 4) is 5.75 Å². The number of amides is 3. The Labute approximate surface area is 164 Å². The SMILES string of the molecule is Cc1ccc2c(c1)C(=O)N(CCC(=O)NCc1ccccc1OC(C)C)C2=O. The van der Waals surface area contributed by atoms with Crippen molar-refractivity contribution in [2.24, 2.45) is 0 Å². The van der Waals surface area contributed by atoms with Crippen molar-refractivity contribution in [2.45, 2.75) is 39.8 Å². The number of carbonyl (C=O) groups excluding carboxylic acids is 3. The molecule has 6 nitrogen and oxygen atoms in total. The molecule has 6 heteroatoms. The smallest absolute Gasteiger partial charge is 0.261 e. The van der Waals surface area contributed by atoms with E-state index in [1.807, 2.05) is 45.0 Å². The molecule has 0 saturated carbocycles. The molecule has 2 aromatic rings. The maximum absolute atomic E-state index is 12.5. The second kappa shape index (κ2) is 8.25. The largest absolute Gasteiger partial charge is 0.491 e. The molecule has 28 heavy (non-hydrogen) atoms. The number of hydrogen-bond donors (Lipinski definition) is 1. The predicted molar refractivity (Wildman–Crippen MR) is 105 cm³/mol. The number of imide groups is 1. The maximum atomic E-state index is 12.5. The van der Waals surface area contributed by atoms with Crippen molar-refractivity contribution in [1.29, 1.82) is 0 Å². The summed E-state index contributed by atoms with van der Waals surface area (Å²) in [5, 5.41) is 2.83. The van der Waals surface area contributed by atoms with E-state index >= 15 is 0 Å². The van der Waals surface area contributed by atoms with Gasteiger partial charge in [-0.1, -0.05) is 29.8 Å². The molecule has 0 unspecified atom stereocenters. The van der Waals surface area contributed by atoms with E-state index in [0.29, 0.717) is 17.7 Å². The van der Waals surface area contributed by atoms with Gasteiger partial charge in [-0.15, -0.1) is 0 Å². The van der Waals surface area contributed by atoms with Crippen LogP contribution in [0.2, 0.25) is 0 Å². The Balaban J connectivity index is 1.56. The van der Waals surface area contributed by atoms with Crippen LogP contribution in [0.15, 0.2) is 42.5 Å². The fourth-order valence-electron chi connectivity index (χ4n) is 3.12. The number of fused-ring (bicyclic) bond motifs is 1. The lowest BCUT2D eigenvalue weighted by molar-refractivity contribution is -0.121. The van der Waals surface area contributed by atoms with Crippen LogP contribution in [-0.2, 0) is 11.3 Å². The van der Waals surface area contributed by atoms with Gasteiger partial charge in [-0.3, -0.25) is 19.3 Å². The lowest BCUT2D eigenvalue weighted by Crippen LogP contribution is -2.34. The molecule has 146 valence electrons. The van der Waals surface area contributed by atoms with Gasteiger partial charge in [0.05, 0.1) is 17.2 Å². The zero-order valence-electron chi connectivity index (χ0n) is 16.3. The Hall–Kier alpha value is -3.15. The topological polar surface area (TPSA) is 75.7 Å². The average molecular weight is 380 g/mol. The Morgan fingerprint density at radius 1 is 1.07 bits per heavy atom. The summed E-state index contributed by atoms with van der Waals surface area (Å²) >= 11 is 0. The number of rotatable bonds is 7. The zero-order chi connectivity index (χ0) is 20.3. The van der Waals surface area contributed by atoms with Crippen LogP contribution < -0.4 is 10.1 Å². The molecular formula is C22H24N2O4. The number of para-hydroxylation sites is 1. The molecular weight excluding hydrogens is 356 g/mol. The van der Waals surface area contributed by atoms with Gasteiger partial charge in [-0.05, 0) is 39.0 Å². The Morgan fingerprint density at radius 3 is 2.54 bits per heavy atom. The van der Waals surface area contributed by atoms with E-state index in [1.165, 1.54) is 0 Å². The molecule has 0 aliphatic carbocycles. The predicted octanol–water partition coefficient (Wildman–Crippen LogP) is 3.08. The summed E-state index contributed by atoms with van der Waals surface area (Å²) in [6.45, 7) is 6.14. The second-order valence-electron chi connectivity index (χ2n) is 7.11. The molecule has 2 aromatic carbocycles. The molecule has 3 amide bonds. The van der Waals surface area contributed by atoms with Crippen molar-refractivity contribution in [3.63, 3.8) is 0 Å². The molecule has 0 bridgehead atoms. The summed E-state index contributed by atoms with van der Waals surface area (Å²) in [6.07, 6.45) is 0.0896. The van der Waals surface area contributed by atoms with Crippen molar-refractivity contribution < 1.29 is 19.1 Å². The van der Waals surface area contributed by atoms with Crippen molar-refractivity contribution >= 4 is 17.7 Å². The van der Waals surface area contributed by atoms with Crippen LogP contribution in [0.3, 0.4) is 0 Å². The third-order valence-electron chi connectivity index (χ3n) is 4.50. The normalized spacial score (nSPS) is 13.1. The minimum Gasteiger partial charge on any atom is -0.491 e. The number of aryl methyl sites for hydroxylation is 1. The monoisotopic (exact) mass is 380 g/mol. The summed E-state index contributed by atoms with van der Waals surface area (Å²) < 4.78 is 5.74. The van der Waals surface area contributed by atoms with Crippen LogP contribution in [0, 0.1) is 6.92 Å². The van der Waals surface area contributed by atoms with E-state index in [1.54, 1.807) is 18.2 Å². The minimum atomic E-state index is -0.344. The molecule has 1 aliphatic heterocycles. The van der Waals surface area contributed by atoms with E-state index < -0.39 is 0 Å². The average Bonchev–Trinajstić information content (AvgIpc) is 2.89. The van der Waals surface area contributed by atoms with Gasteiger partial charge < -0.3 is 10.1 Å². The molecule has 1 heterocycles. The highest BCUT2D eigenvalue weighted by Crippen LogP contribution is 2.24. The van der Waals surface area contributed by atoms with E-state index in [9.17, 15) is 14.4 Å². The van der Waals surface area contributed by atoms with Gasteiger partial charge in [0.2, 0.25) is 5.91 Å². The number of nitrogens with one attached hydrogen (secondary N) is 1. The molecule has 0 aromatic heterocycles. The van der Waals surface area contributed by atoms with Crippen LogP contribution in [0.25, 0.3) is 0 Å². The van der Waals surface area contributed by atoms with Crippen LogP contribution in [-0.4, -0.2) is 35.3 Å². The van der Waals surface area contributed by atoms with Crippen molar-refractivity contribution in [2.75, 3.05) is 6.54 Å². The quantitative estimate of drug-likeness (QED) is 0.749. The standard InChI is InChI=1S/C22H24N2O4/c1-14(2)28-19-7-5-4-6-16(19)13-23-20(25)10-11-24-21(26)17-9-8-15(3)12-18(17)22(24)27/h4-9,12,14H,10-11,13H2,1-3H3,(H,23,25). The van der Waals surface area contributed by atoms with Gasteiger partial charge in [-0.2, -0.15) is 0 Å². The Morgan fingerprint density at radius 2 is 1.79 bits per heavy atom. The summed E-state index contributed by atoms with van der Waals surface area (Å²) in [5.74, 6) is -0.184. The zero-order valence-corrected chi connectivity index (χ0v) is 16.3. The highest BCUT2D eigenvalue weighted by molar-refractivity contribution is 6.21. The van der Waals surface area contributed by atoms with E-state index in [0.717, 1.165) is 21.8 Å². The molecule has 1 aliphatic rings. The summed E-state index contributed by atoms with van der Waals surface area (Å²) in [5.41, 5.74) is 2.60. The summed E-state index contributed by atoms with van der Waals surface area (Å²) in [4.78, 5) is 38.3. The molecule has 0 fully saturated rings. The van der Waals surface area contributed by atoms with Crippen LogP contribution >= 0.6 is 0 Å². The van der Waals surface area contributed by atoms with Crippen LogP contribution in [0.1, 0.15) is 52.1 Å². The Bertz CT molecular complexity index is 921. The highest BCUT2D eigenvalue weighted by atomic mass is 16.5. The number of ether oxygens (including phenoxy) is 1. The summed E-state index contributed by atoms with van der Waals surface area (Å²) in [6, 6.07) is 12.7. The number of hydrogen-bond acceptors (Lipinski definition) is 4. The first-order chi connectivity index (χ1) is 13.4. The van der Waals surface area contributed by atoms with Gasteiger partial charge in [-0.25, -0.2) is 0 Å². The molecule has 3 rings (SSSR count). The van der Waals surface area contributed by atoms with Crippen molar-refractivity contribution in [1.82, 2.24) is 10.2 Å². The van der Waals surface area contributed by atoms with Crippen LogP contribution in [0.4, 0.5) is 0 Å². The first-order valence-electron chi connectivity index (χ1n) is 9.35. The fourth-order valence-corrected chi connectivity index (χ4v) is 3.12. The van der Waals surface area contributed by atoms with Gasteiger partial charge in [0, 0.05) is 25.1 Å². The van der Waals surface area contributed by atoms with E-state index in [2.05, 4.69) is 5.32 Å². The molecule has 0 saturated heterocycles. The lowest BCUT2D eigenvalue weighted by atomic mass is 10.1. The molecule has 0 spiro atoms. The fraction of sp³-hybridized carbons (Fsp3) is 0.318. The lowest BCUT2D eigenvalue weighted by Gasteiger charge is -2.16. The van der Waals surface area contributed by atoms with Crippen molar-refractivity contribution in [3.05, 3.63) is 64.7 Å². The summed E-state index contributed by atoms with van der Waals surface area (Å²) in [7, 11) is 0. The number of benzene rings is 2. The molecule has 0 atom stereocenters. The first kappa shape index (κ1) is 19.6. The second-order valence-corrected chi connectivity index (χ2v) is 7.11. The van der Waals surface area contributed by atoms with Gasteiger partial charge in [0.15, 0.2) is 0 Å². The highest BCUT2D eigenvalue weighted by Gasteiger charge is 2.35. The Kier molecular flexibility index (Phi) is 5.78. The van der Waals surface area contributed by atoms with Crippen LogP contribution in [0.5, 0.6) is 5.75 Å². The molecule has 1 N–H and O–H groups in total. The third kappa shape index (κ3) is 4.22. The van der Waals surface area contributed by atoms with Gasteiger partial charge in [0.25, 0.3) is 11.8 Å². The molecule has 0 radical (unpaired) electrons. The first-order valence-corrected chi connectivity index (χ1v) is 9.35. The minimum absolute atomic E-state index is 0.0364. The maximum Gasteiger partial charge on any atom is 0.261 e. The van der Waals surface area contributed by atoms with Gasteiger partial charge >= 0.3 is 0 Å². The number of nitrogens with zero attached hydrogens (tertiary/aromatic N) is 1. The third-order valence-corrected chi connectivity index (χ3v) is 4.50. The van der Waals surface area contributed by atoms with Gasteiger partial charge in [0.1, 0.15) is 5.75 Å².